The molecule has 1 saturated heterocycles. The Labute approximate surface area is 196 Å². The van der Waals surface area contributed by atoms with E-state index in [0.29, 0.717) is 6.54 Å². The van der Waals surface area contributed by atoms with Crippen LogP contribution in [-0.4, -0.2) is 51.5 Å². The minimum absolute atomic E-state index is 0.0736. The molecular formula is C22H28ClN5O3S. The molecule has 2 aromatic rings. The summed E-state index contributed by atoms with van der Waals surface area (Å²) in [5.74, 6) is -0.685. The number of aliphatic hydroxyl groups is 1. The van der Waals surface area contributed by atoms with E-state index in [1.165, 1.54) is 4.90 Å². The number of aryl methyl sites for hydroxylation is 1. The number of halogens is 1. The van der Waals surface area contributed by atoms with E-state index in [-0.39, 0.29) is 24.8 Å². The summed E-state index contributed by atoms with van der Waals surface area (Å²) < 4.78 is 3.27. The number of amides is 2. The third-order valence-electron chi connectivity index (χ3n) is 5.51. The summed E-state index contributed by atoms with van der Waals surface area (Å²) in [5, 5.41) is 16.9. The van der Waals surface area contributed by atoms with Crippen molar-refractivity contribution in [3.05, 3.63) is 41.0 Å². The fourth-order valence-corrected chi connectivity index (χ4v) is 4.66. The van der Waals surface area contributed by atoms with Crippen molar-refractivity contribution in [2.24, 2.45) is 15.2 Å². The zero-order valence-corrected chi connectivity index (χ0v) is 20.2. The molecule has 0 saturated carbocycles. The van der Waals surface area contributed by atoms with Gasteiger partial charge < -0.3 is 15.3 Å². The quantitative estimate of drug-likeness (QED) is 0.618. The second-order valence-corrected chi connectivity index (χ2v) is 10.0. The summed E-state index contributed by atoms with van der Waals surface area (Å²) in [6.45, 7) is 7.91. The highest BCUT2D eigenvalue weighted by Crippen LogP contribution is 2.29. The van der Waals surface area contributed by atoms with Crippen molar-refractivity contribution >= 4 is 34.9 Å². The molecule has 0 radical (unpaired) electrons. The molecule has 32 heavy (non-hydrogen) atoms. The number of aliphatic hydroxyl groups excluding tert-OH is 1. The van der Waals surface area contributed by atoms with Gasteiger partial charge in [0.25, 0.3) is 5.91 Å². The van der Waals surface area contributed by atoms with Crippen molar-refractivity contribution in [3.8, 4) is 10.4 Å². The number of benzene rings is 1. The van der Waals surface area contributed by atoms with Crippen LogP contribution in [0, 0.1) is 12.3 Å². The van der Waals surface area contributed by atoms with Gasteiger partial charge in [-0.05, 0) is 23.5 Å². The molecule has 0 bridgehead atoms. The Morgan fingerprint density at radius 3 is 2.59 bits per heavy atom. The first kappa shape index (κ1) is 24.3. The number of hydrogen-bond donors (Lipinski definition) is 2. The zero-order valence-electron chi connectivity index (χ0n) is 18.6. The van der Waals surface area contributed by atoms with Gasteiger partial charge in [0, 0.05) is 19.5 Å². The summed E-state index contributed by atoms with van der Waals surface area (Å²) in [6, 6.07) is 6.30. The molecule has 1 aromatic heterocycles. The van der Waals surface area contributed by atoms with Gasteiger partial charge in [-0.25, -0.2) is 4.98 Å². The topological polar surface area (TPSA) is 107 Å². The smallest absolute Gasteiger partial charge is 0.250 e. The summed E-state index contributed by atoms with van der Waals surface area (Å²) >= 11 is 7.00. The molecule has 1 unspecified atom stereocenters. The van der Waals surface area contributed by atoms with Crippen LogP contribution in [0.2, 0.25) is 0 Å². The second kappa shape index (κ2) is 10.1. The number of rotatable bonds is 6. The Bertz CT molecular complexity index is 986. The number of nitrogens with zero attached hydrogens (tertiary/aromatic N) is 4. The predicted octanol–water partition coefficient (Wildman–Crippen LogP) is 3.72. The van der Waals surface area contributed by atoms with Crippen molar-refractivity contribution in [1.29, 1.82) is 0 Å². The van der Waals surface area contributed by atoms with Crippen LogP contribution < -0.4 is 5.32 Å². The van der Waals surface area contributed by atoms with Crippen LogP contribution in [0.3, 0.4) is 0 Å². The molecule has 8 nitrogen and oxygen atoms in total. The molecule has 1 aromatic carbocycles. The van der Waals surface area contributed by atoms with E-state index in [4.69, 9.17) is 11.8 Å². The highest BCUT2D eigenvalue weighted by atomic mass is 35.5. The molecule has 1 fully saturated rings. The summed E-state index contributed by atoms with van der Waals surface area (Å²) in [6.07, 6.45) is -0.596. The van der Waals surface area contributed by atoms with E-state index >= 15 is 0 Å². The predicted molar refractivity (Wildman–Crippen MR) is 124 cm³/mol. The maximum Gasteiger partial charge on any atom is 0.250 e. The van der Waals surface area contributed by atoms with Gasteiger partial charge in [0.05, 0.1) is 34.0 Å². The molecule has 2 amide bonds. The Morgan fingerprint density at radius 2 is 2.03 bits per heavy atom. The SMILES string of the molecule is Cc1ncsc1-c1ccc(CNC(=O)[C@@H]2C[C@@H](O)CN2C(=O)C(N=NCl)C(C)(C)C)cc1. The fourth-order valence-electron chi connectivity index (χ4n) is 3.76. The van der Waals surface area contributed by atoms with Crippen LogP contribution in [0.15, 0.2) is 39.5 Å². The molecule has 10 heteroatoms. The number of carbonyl (C=O) groups is 2. The first-order valence-corrected chi connectivity index (χ1v) is 11.6. The lowest BCUT2D eigenvalue weighted by Crippen LogP contribution is -2.51. The van der Waals surface area contributed by atoms with Gasteiger partial charge in [-0.3, -0.25) is 9.59 Å². The molecule has 1 aliphatic heterocycles. The average molecular weight is 478 g/mol. The maximum atomic E-state index is 13.1. The summed E-state index contributed by atoms with van der Waals surface area (Å²) in [5.41, 5.74) is 4.28. The summed E-state index contributed by atoms with van der Waals surface area (Å²) in [4.78, 5) is 32.8. The monoisotopic (exact) mass is 477 g/mol. The minimum atomic E-state index is -0.844. The lowest BCUT2D eigenvalue weighted by atomic mass is 9.86. The van der Waals surface area contributed by atoms with Gasteiger partial charge in [0.15, 0.2) is 6.04 Å². The highest BCUT2D eigenvalue weighted by molar-refractivity contribution is 7.13. The van der Waals surface area contributed by atoms with Gasteiger partial charge in [0.1, 0.15) is 6.04 Å². The molecule has 1 aliphatic rings. The standard InChI is InChI=1S/C22H28ClN5O3S/c1-13-18(32-12-25-13)15-7-5-14(6-8-15)10-24-20(30)17-9-16(29)11-28(17)21(31)19(26-27-23)22(2,3)4/h5-8,12,16-17,19,29H,9-11H2,1-4H3,(H,24,30)/t16-,17+,19?/m1/s1. The van der Waals surface area contributed by atoms with Crippen LogP contribution in [-0.2, 0) is 16.1 Å². The molecule has 0 aliphatic carbocycles. The highest BCUT2D eigenvalue weighted by Gasteiger charge is 2.44. The lowest BCUT2D eigenvalue weighted by molar-refractivity contribution is -0.141. The molecule has 2 heterocycles. The van der Waals surface area contributed by atoms with Crippen LogP contribution in [0.25, 0.3) is 10.4 Å². The van der Waals surface area contributed by atoms with Crippen molar-refractivity contribution in [1.82, 2.24) is 15.2 Å². The Hall–Kier alpha value is -2.36. The Balaban J connectivity index is 1.67. The van der Waals surface area contributed by atoms with Crippen molar-refractivity contribution in [2.75, 3.05) is 6.54 Å². The number of β-amino-alcohol motifs (C(OH)–C–C–N with tert-alkyl or cyclic N) is 1. The number of thiazole rings is 1. The fraction of sp³-hybridized carbons (Fsp3) is 0.500. The molecule has 172 valence electrons. The van der Waals surface area contributed by atoms with Gasteiger partial charge in [-0.15, -0.1) is 11.3 Å². The maximum absolute atomic E-state index is 13.1. The number of aromatic nitrogens is 1. The van der Waals surface area contributed by atoms with Crippen molar-refractivity contribution in [2.45, 2.75) is 58.8 Å². The molecule has 0 spiro atoms. The molecule has 3 rings (SSSR count). The Morgan fingerprint density at radius 1 is 1.34 bits per heavy atom. The Kier molecular flexibility index (Phi) is 7.63. The number of likely N-dealkylation sites (tertiary alicyclic amines) is 1. The zero-order chi connectivity index (χ0) is 23.5. The third-order valence-corrected chi connectivity index (χ3v) is 6.57. The van der Waals surface area contributed by atoms with Crippen LogP contribution in [0.4, 0.5) is 0 Å². The van der Waals surface area contributed by atoms with E-state index in [0.717, 1.165) is 21.7 Å². The van der Waals surface area contributed by atoms with Gasteiger partial charge >= 0.3 is 0 Å². The van der Waals surface area contributed by atoms with Crippen molar-refractivity contribution in [3.63, 3.8) is 0 Å². The van der Waals surface area contributed by atoms with Gasteiger partial charge in [-0.1, -0.05) is 49.7 Å². The minimum Gasteiger partial charge on any atom is -0.391 e. The normalized spacial score (nSPS) is 20.0. The molecular weight excluding hydrogens is 450 g/mol. The lowest BCUT2D eigenvalue weighted by Gasteiger charge is -2.31. The van der Waals surface area contributed by atoms with Crippen LogP contribution in [0.1, 0.15) is 38.4 Å². The van der Waals surface area contributed by atoms with Gasteiger partial charge in [-0.2, -0.15) is 5.11 Å². The first-order chi connectivity index (χ1) is 15.1. The number of hydrogen-bond acceptors (Lipinski definition) is 7. The van der Waals surface area contributed by atoms with Crippen LogP contribution in [0.5, 0.6) is 0 Å². The second-order valence-electron chi connectivity index (χ2n) is 9.04. The van der Waals surface area contributed by atoms with Gasteiger partial charge in [0.2, 0.25) is 5.91 Å². The molecule has 3 atom stereocenters. The number of carbonyl (C=O) groups excluding carboxylic acids is 2. The van der Waals surface area contributed by atoms with E-state index in [9.17, 15) is 14.7 Å². The molecule has 2 N–H and O–H groups in total. The first-order valence-electron chi connectivity index (χ1n) is 10.4. The van der Waals surface area contributed by atoms with Crippen LogP contribution >= 0.6 is 23.1 Å². The summed E-state index contributed by atoms with van der Waals surface area (Å²) in [7, 11) is 0. The van der Waals surface area contributed by atoms with Crippen molar-refractivity contribution < 1.29 is 14.7 Å². The van der Waals surface area contributed by atoms with E-state index in [1.807, 2.05) is 57.5 Å². The average Bonchev–Trinajstić information content (AvgIpc) is 3.35. The number of nitrogens with one attached hydrogen (secondary N) is 1. The van der Waals surface area contributed by atoms with E-state index in [2.05, 4.69) is 20.0 Å². The third kappa shape index (κ3) is 5.51. The largest absolute Gasteiger partial charge is 0.391 e. The van der Waals surface area contributed by atoms with E-state index < -0.39 is 23.6 Å². The van der Waals surface area contributed by atoms with E-state index in [1.54, 1.807) is 11.3 Å².